The van der Waals surface area contributed by atoms with Crippen molar-refractivity contribution in [2.24, 2.45) is 0 Å². The number of nitrogens with one attached hydrogen (secondary N) is 1. The van der Waals surface area contributed by atoms with Crippen LogP contribution in [-0.2, 0) is 12.6 Å². The standard InChI is InChI=1S/C12H10F3N3O3/c13-12(14,15)7-3-8(5-16-4-7)21-2-1-10-9(11(19)20)6-17-18-10/h3-6H,1-2H2,(H,17,18)(H,19,20). The van der Waals surface area contributed by atoms with Gasteiger partial charge in [-0.25, -0.2) is 4.79 Å². The molecule has 0 amide bonds. The second kappa shape index (κ2) is 5.81. The predicted octanol–water partition coefficient (Wildman–Crippen LogP) is 2.14. The number of hydrogen-bond acceptors (Lipinski definition) is 4. The number of ether oxygens (including phenoxy) is 1. The molecule has 21 heavy (non-hydrogen) atoms. The summed E-state index contributed by atoms with van der Waals surface area (Å²) >= 11 is 0. The molecule has 6 nitrogen and oxygen atoms in total. The second-order valence-corrected chi connectivity index (χ2v) is 4.06. The van der Waals surface area contributed by atoms with Gasteiger partial charge in [-0.3, -0.25) is 10.1 Å². The Morgan fingerprint density at radius 2 is 2.14 bits per heavy atom. The minimum atomic E-state index is -4.49. The lowest BCUT2D eigenvalue weighted by atomic mass is 10.2. The normalized spacial score (nSPS) is 11.4. The zero-order chi connectivity index (χ0) is 15.5. The van der Waals surface area contributed by atoms with E-state index < -0.39 is 17.7 Å². The van der Waals surface area contributed by atoms with Crippen LogP contribution in [0.4, 0.5) is 13.2 Å². The molecule has 2 heterocycles. The number of alkyl halides is 3. The number of carboxylic acid groups (broad SMARTS) is 1. The average Bonchev–Trinajstić information content (AvgIpc) is 2.87. The SMILES string of the molecule is O=C(O)c1c[nH]nc1CCOc1cncc(C(F)(F)F)c1. The van der Waals surface area contributed by atoms with Crippen LogP contribution in [-0.4, -0.2) is 32.9 Å². The first-order valence-corrected chi connectivity index (χ1v) is 5.79. The van der Waals surface area contributed by atoms with Crippen LogP contribution in [0.5, 0.6) is 5.75 Å². The number of carboxylic acids is 1. The lowest BCUT2D eigenvalue weighted by molar-refractivity contribution is -0.137. The van der Waals surface area contributed by atoms with Crippen molar-refractivity contribution in [3.8, 4) is 5.75 Å². The molecule has 2 aromatic heterocycles. The van der Waals surface area contributed by atoms with Crippen molar-refractivity contribution in [3.63, 3.8) is 0 Å². The Hall–Kier alpha value is -2.58. The summed E-state index contributed by atoms with van der Waals surface area (Å²) in [7, 11) is 0. The van der Waals surface area contributed by atoms with E-state index in [-0.39, 0.29) is 30.0 Å². The highest BCUT2D eigenvalue weighted by Gasteiger charge is 2.31. The maximum atomic E-state index is 12.5. The maximum Gasteiger partial charge on any atom is 0.418 e. The summed E-state index contributed by atoms with van der Waals surface area (Å²) in [5.74, 6) is -1.18. The Labute approximate surface area is 116 Å². The van der Waals surface area contributed by atoms with Crippen molar-refractivity contribution in [1.29, 1.82) is 0 Å². The Balaban J connectivity index is 1.98. The lowest BCUT2D eigenvalue weighted by Gasteiger charge is -2.09. The largest absolute Gasteiger partial charge is 0.492 e. The van der Waals surface area contributed by atoms with E-state index in [1.54, 1.807) is 0 Å². The van der Waals surface area contributed by atoms with E-state index in [0.717, 1.165) is 12.3 Å². The van der Waals surface area contributed by atoms with Crippen LogP contribution < -0.4 is 4.74 Å². The molecule has 0 radical (unpaired) electrons. The van der Waals surface area contributed by atoms with E-state index in [4.69, 9.17) is 9.84 Å². The van der Waals surface area contributed by atoms with Gasteiger partial charge in [0, 0.05) is 18.8 Å². The third kappa shape index (κ3) is 3.71. The molecule has 0 aliphatic rings. The van der Waals surface area contributed by atoms with Gasteiger partial charge in [0.1, 0.15) is 11.3 Å². The summed E-state index contributed by atoms with van der Waals surface area (Å²) < 4.78 is 42.6. The molecule has 2 N–H and O–H groups in total. The number of aromatic nitrogens is 3. The Morgan fingerprint density at radius 1 is 1.38 bits per heavy atom. The summed E-state index contributed by atoms with van der Waals surface area (Å²) in [5.41, 5.74) is -0.644. The van der Waals surface area contributed by atoms with Crippen LogP contribution in [0.15, 0.2) is 24.7 Å². The molecular weight excluding hydrogens is 291 g/mol. The molecule has 0 aliphatic carbocycles. The van der Waals surface area contributed by atoms with E-state index >= 15 is 0 Å². The molecule has 0 atom stereocenters. The van der Waals surface area contributed by atoms with Gasteiger partial charge in [0.05, 0.1) is 24.1 Å². The number of hydrogen-bond donors (Lipinski definition) is 2. The number of halogens is 3. The number of rotatable bonds is 5. The van der Waals surface area contributed by atoms with Crippen molar-refractivity contribution < 1.29 is 27.8 Å². The van der Waals surface area contributed by atoms with Gasteiger partial charge in [0.2, 0.25) is 0 Å². The first-order chi connectivity index (χ1) is 9.88. The van der Waals surface area contributed by atoms with Gasteiger partial charge in [0.15, 0.2) is 0 Å². The summed E-state index contributed by atoms with van der Waals surface area (Å²) in [6, 6.07) is 0.829. The molecule has 0 saturated carbocycles. The van der Waals surface area contributed by atoms with E-state index in [1.165, 1.54) is 6.20 Å². The zero-order valence-electron chi connectivity index (χ0n) is 10.5. The van der Waals surface area contributed by atoms with E-state index in [1.807, 2.05) is 0 Å². The van der Waals surface area contributed by atoms with Crippen molar-refractivity contribution in [2.45, 2.75) is 12.6 Å². The summed E-state index contributed by atoms with van der Waals surface area (Å²) in [6.45, 7) is -0.0197. The van der Waals surface area contributed by atoms with Gasteiger partial charge < -0.3 is 9.84 Å². The predicted molar refractivity (Wildman–Crippen MR) is 64.0 cm³/mol. The molecule has 0 fully saturated rings. The molecule has 0 saturated heterocycles. The van der Waals surface area contributed by atoms with Crippen LogP contribution in [0.25, 0.3) is 0 Å². The molecule has 112 valence electrons. The van der Waals surface area contributed by atoms with Gasteiger partial charge in [-0.05, 0) is 6.07 Å². The Bertz CT molecular complexity index is 640. The number of aromatic carboxylic acids is 1. The monoisotopic (exact) mass is 301 g/mol. The maximum absolute atomic E-state index is 12.5. The molecule has 2 aromatic rings. The van der Waals surface area contributed by atoms with Gasteiger partial charge in [0.25, 0.3) is 0 Å². The van der Waals surface area contributed by atoms with Gasteiger partial charge in [-0.1, -0.05) is 0 Å². The fraction of sp³-hybridized carbons (Fsp3) is 0.250. The Kier molecular flexibility index (Phi) is 4.10. The fourth-order valence-electron chi connectivity index (χ4n) is 1.61. The van der Waals surface area contributed by atoms with Crippen LogP contribution >= 0.6 is 0 Å². The minimum absolute atomic E-state index is 0.000710. The lowest BCUT2D eigenvalue weighted by Crippen LogP contribution is -2.08. The molecular formula is C12H10F3N3O3. The smallest absolute Gasteiger partial charge is 0.418 e. The highest BCUT2D eigenvalue weighted by molar-refractivity contribution is 5.88. The highest BCUT2D eigenvalue weighted by atomic mass is 19.4. The van der Waals surface area contributed by atoms with E-state index in [0.29, 0.717) is 6.20 Å². The summed E-state index contributed by atoms with van der Waals surface area (Å²) in [5, 5.41) is 15.0. The highest BCUT2D eigenvalue weighted by Crippen LogP contribution is 2.30. The van der Waals surface area contributed by atoms with Gasteiger partial charge in [-0.2, -0.15) is 18.3 Å². The van der Waals surface area contributed by atoms with Gasteiger partial charge in [-0.15, -0.1) is 0 Å². The van der Waals surface area contributed by atoms with Crippen LogP contribution in [0, 0.1) is 0 Å². The number of nitrogens with zero attached hydrogens (tertiary/aromatic N) is 2. The van der Waals surface area contributed by atoms with Crippen molar-refractivity contribution in [2.75, 3.05) is 6.61 Å². The average molecular weight is 301 g/mol. The van der Waals surface area contributed by atoms with E-state index in [9.17, 15) is 18.0 Å². The number of H-pyrrole nitrogens is 1. The third-order valence-electron chi connectivity index (χ3n) is 2.60. The second-order valence-electron chi connectivity index (χ2n) is 4.06. The third-order valence-corrected chi connectivity index (χ3v) is 2.60. The quantitative estimate of drug-likeness (QED) is 0.883. The van der Waals surface area contributed by atoms with E-state index in [2.05, 4.69) is 15.2 Å². The topological polar surface area (TPSA) is 88.1 Å². The fourth-order valence-corrected chi connectivity index (χ4v) is 1.61. The van der Waals surface area contributed by atoms with Crippen LogP contribution in [0.2, 0.25) is 0 Å². The number of pyridine rings is 1. The zero-order valence-corrected chi connectivity index (χ0v) is 10.5. The molecule has 2 rings (SSSR count). The number of aromatic amines is 1. The van der Waals surface area contributed by atoms with Crippen molar-refractivity contribution in [3.05, 3.63) is 41.5 Å². The molecule has 0 aromatic carbocycles. The van der Waals surface area contributed by atoms with Crippen LogP contribution in [0.3, 0.4) is 0 Å². The Morgan fingerprint density at radius 3 is 2.81 bits per heavy atom. The molecule has 0 unspecified atom stereocenters. The van der Waals surface area contributed by atoms with Crippen molar-refractivity contribution in [1.82, 2.24) is 15.2 Å². The van der Waals surface area contributed by atoms with Crippen LogP contribution in [0.1, 0.15) is 21.6 Å². The molecule has 9 heteroatoms. The first kappa shape index (κ1) is 14.8. The minimum Gasteiger partial charge on any atom is -0.492 e. The summed E-state index contributed by atoms with van der Waals surface area (Å²) in [6.07, 6.45) is -1.28. The molecule has 0 spiro atoms. The summed E-state index contributed by atoms with van der Waals surface area (Å²) in [4.78, 5) is 14.3. The van der Waals surface area contributed by atoms with Crippen molar-refractivity contribution >= 4 is 5.97 Å². The first-order valence-electron chi connectivity index (χ1n) is 5.79. The molecule has 0 bridgehead atoms. The van der Waals surface area contributed by atoms with Gasteiger partial charge >= 0.3 is 12.1 Å². The molecule has 0 aliphatic heterocycles. The number of carbonyl (C=O) groups is 1.